The van der Waals surface area contributed by atoms with E-state index in [2.05, 4.69) is 110 Å². The van der Waals surface area contributed by atoms with Gasteiger partial charge in [0.15, 0.2) is 0 Å². The van der Waals surface area contributed by atoms with Crippen molar-refractivity contribution in [2.75, 3.05) is 0 Å². The number of benzene rings is 1. The molecule has 358 valence electrons. The molecule has 4 nitrogen and oxygen atoms in total. The summed E-state index contributed by atoms with van der Waals surface area (Å²) in [5.41, 5.74) is 16.6. The van der Waals surface area contributed by atoms with E-state index in [1.54, 1.807) is 0 Å². The molecule has 4 aromatic heterocycles. The zero-order valence-electron chi connectivity index (χ0n) is 40.8. The van der Waals surface area contributed by atoms with Gasteiger partial charge in [-0.2, -0.15) is 0 Å². The first-order chi connectivity index (χ1) is 32.6. The highest BCUT2D eigenvalue weighted by Gasteiger charge is 2.33. The molecular formula is C56H62Cl3FN4S4. The van der Waals surface area contributed by atoms with Gasteiger partial charge in [0.2, 0.25) is 0 Å². The Bertz CT molecular complexity index is 2860. The summed E-state index contributed by atoms with van der Waals surface area (Å²) < 4.78 is 13.1. The third-order valence-corrected chi connectivity index (χ3v) is 20.3. The van der Waals surface area contributed by atoms with E-state index in [0.717, 1.165) is 64.2 Å². The molecule has 1 saturated carbocycles. The zero-order valence-corrected chi connectivity index (χ0v) is 46.3. The summed E-state index contributed by atoms with van der Waals surface area (Å²) in [7, 11) is 0. The van der Waals surface area contributed by atoms with E-state index in [-0.39, 0.29) is 5.82 Å². The second kappa shape index (κ2) is 23.6. The minimum Gasteiger partial charge on any atom is -0.269 e. The Hall–Kier alpha value is -3.54. The number of nitrogens with zero attached hydrogens (tertiary/aromatic N) is 4. The maximum Gasteiger partial charge on any atom is 0.123 e. The Morgan fingerprint density at radius 1 is 0.574 bits per heavy atom. The SMILES string of the molecule is CC1=C(Cl)C(c2scc(C)c2C)CC=N1.CCC1=NC=C(Cl)C(c2scc(C)c2C)C1.Cc1csc(C2CC=NC(C3CC3)=C2Cl)c1C.Cc1csc(C2CC=NC=C2c2ccc(F)cc2)c1C. The molecule has 0 saturated heterocycles. The van der Waals surface area contributed by atoms with Crippen molar-refractivity contribution in [3.63, 3.8) is 0 Å². The van der Waals surface area contributed by atoms with Crippen LogP contribution in [0.5, 0.6) is 0 Å². The third kappa shape index (κ3) is 12.1. The Balaban J connectivity index is 0.000000135. The molecule has 68 heavy (non-hydrogen) atoms. The van der Waals surface area contributed by atoms with Crippen LogP contribution in [0.1, 0.15) is 152 Å². The third-order valence-electron chi connectivity index (χ3n) is 13.7. The van der Waals surface area contributed by atoms with Gasteiger partial charge in [0.05, 0.1) is 11.4 Å². The summed E-state index contributed by atoms with van der Waals surface area (Å²) in [6.07, 6.45) is 17.0. The van der Waals surface area contributed by atoms with Crippen molar-refractivity contribution in [1.29, 1.82) is 0 Å². The Kier molecular flexibility index (Phi) is 18.1. The summed E-state index contributed by atoms with van der Waals surface area (Å²) >= 11 is 26.4. The number of aryl methyl sites for hydroxylation is 4. The monoisotopic (exact) mass is 1040 g/mol. The zero-order chi connectivity index (χ0) is 48.8. The van der Waals surface area contributed by atoms with Crippen LogP contribution in [-0.2, 0) is 0 Å². The topological polar surface area (TPSA) is 49.4 Å². The minimum atomic E-state index is -0.201. The quantitative estimate of drug-likeness (QED) is 0.156. The summed E-state index contributed by atoms with van der Waals surface area (Å²) in [5, 5.41) is 11.6. The smallest absolute Gasteiger partial charge is 0.123 e. The van der Waals surface area contributed by atoms with Crippen LogP contribution in [0.25, 0.3) is 5.57 Å². The average molecular weight is 1040 g/mol. The number of rotatable bonds is 7. The standard InChI is InChI=1S/C17H16FNS.C14H16ClNS.C13H16ClNS.C12H14ClNS/c1-11-10-20-17(12(11)2)15-7-8-19-9-16(15)13-3-5-14(18)6-4-13;1-8-7-17-14(9(8)2)11-5-6-16-13(12(11)15)10-3-4-10;1-4-10-5-11(12(14)6-15-10)13-9(3)8(2)7-16-13;1-7-6-15-12(8(7)2)10-4-5-14-9(3)11(10)13/h3-6,8-10,15H,7H2,1-2H3;6-7,10-11H,3-5H2,1-2H3;6-7,11H,4-5H2,1-3H3;5-6,10H,4H2,1-3H3. The molecule has 5 aliphatic rings. The van der Waals surface area contributed by atoms with E-state index in [9.17, 15) is 4.39 Å². The summed E-state index contributed by atoms with van der Waals surface area (Å²) in [5.74, 6) is 1.81. The molecule has 12 heteroatoms. The molecule has 4 unspecified atom stereocenters. The van der Waals surface area contributed by atoms with E-state index >= 15 is 0 Å². The summed E-state index contributed by atoms with van der Waals surface area (Å²) in [6, 6.07) is 6.70. The van der Waals surface area contributed by atoms with Crippen LogP contribution in [0.2, 0.25) is 0 Å². The lowest BCUT2D eigenvalue weighted by Gasteiger charge is -2.21. The molecule has 0 spiro atoms. The van der Waals surface area contributed by atoms with Crippen LogP contribution in [-0.4, -0.2) is 24.4 Å². The number of allylic oxidation sites excluding steroid dienone is 6. The number of hydrogen-bond donors (Lipinski definition) is 0. The fourth-order valence-electron chi connectivity index (χ4n) is 8.64. The van der Waals surface area contributed by atoms with Gasteiger partial charge < -0.3 is 0 Å². The first-order valence-electron chi connectivity index (χ1n) is 23.5. The molecule has 1 aliphatic carbocycles. The lowest BCUT2D eigenvalue weighted by atomic mass is 9.86. The molecule has 0 radical (unpaired) electrons. The first kappa shape index (κ1) is 52.3. The Morgan fingerprint density at radius 2 is 1.04 bits per heavy atom. The number of halogens is 4. The second-order valence-corrected chi connectivity index (χ2v) is 23.2. The van der Waals surface area contributed by atoms with Crippen molar-refractivity contribution in [2.24, 2.45) is 25.9 Å². The van der Waals surface area contributed by atoms with Crippen LogP contribution in [0.4, 0.5) is 4.39 Å². The van der Waals surface area contributed by atoms with E-state index in [4.69, 9.17) is 34.8 Å². The van der Waals surface area contributed by atoms with Gasteiger partial charge in [-0.25, -0.2) is 4.39 Å². The number of aliphatic imine (C=N–C) groups is 4. The van der Waals surface area contributed by atoms with Crippen molar-refractivity contribution >= 4 is 110 Å². The fraction of sp³-hybridized carbons (Fsp3) is 0.393. The summed E-state index contributed by atoms with van der Waals surface area (Å²) in [6.45, 7) is 21.5. The molecule has 5 aromatic rings. The van der Waals surface area contributed by atoms with Crippen LogP contribution >= 0.6 is 80.1 Å². The molecule has 1 aromatic carbocycles. The molecule has 4 atom stereocenters. The largest absolute Gasteiger partial charge is 0.269 e. The van der Waals surface area contributed by atoms with Gasteiger partial charge >= 0.3 is 0 Å². The van der Waals surface area contributed by atoms with Gasteiger partial charge in [-0.1, -0.05) is 53.9 Å². The molecule has 1 fully saturated rings. The van der Waals surface area contributed by atoms with Gasteiger partial charge in [-0.15, -0.1) is 45.3 Å². The predicted octanol–water partition coefficient (Wildman–Crippen LogP) is 19.1. The molecule has 0 N–H and O–H groups in total. The van der Waals surface area contributed by atoms with Crippen molar-refractivity contribution in [3.8, 4) is 0 Å². The molecule has 8 heterocycles. The highest BCUT2D eigenvalue weighted by atomic mass is 35.5. The molecular weight excluding hydrogens is 982 g/mol. The predicted molar refractivity (Wildman–Crippen MR) is 300 cm³/mol. The molecule has 0 amide bonds. The highest BCUT2D eigenvalue weighted by molar-refractivity contribution is 7.11. The van der Waals surface area contributed by atoms with Crippen LogP contribution in [0.15, 0.2) is 105 Å². The van der Waals surface area contributed by atoms with E-state index in [1.807, 2.05) is 89.2 Å². The van der Waals surface area contributed by atoms with E-state index in [0.29, 0.717) is 29.6 Å². The van der Waals surface area contributed by atoms with Crippen molar-refractivity contribution < 1.29 is 4.39 Å². The fourth-order valence-corrected chi connectivity index (χ4v) is 14.5. The normalized spacial score (nSPS) is 21.0. The van der Waals surface area contributed by atoms with Crippen LogP contribution in [0, 0.1) is 67.1 Å². The minimum absolute atomic E-state index is 0.201. The van der Waals surface area contributed by atoms with Crippen LogP contribution < -0.4 is 0 Å². The number of hydrogen-bond acceptors (Lipinski definition) is 8. The molecule has 10 rings (SSSR count). The first-order valence-corrected chi connectivity index (χ1v) is 28.1. The number of thiophene rings is 4. The van der Waals surface area contributed by atoms with Crippen LogP contribution in [0.3, 0.4) is 0 Å². The lowest BCUT2D eigenvalue weighted by Crippen LogP contribution is -2.10. The maximum atomic E-state index is 13.1. The highest BCUT2D eigenvalue weighted by Crippen LogP contribution is 2.48. The van der Waals surface area contributed by atoms with E-state index < -0.39 is 0 Å². The second-order valence-electron chi connectivity index (χ2n) is 18.3. The van der Waals surface area contributed by atoms with Crippen molar-refractivity contribution in [1.82, 2.24) is 0 Å². The van der Waals surface area contributed by atoms with Gasteiger partial charge in [-0.3, -0.25) is 20.0 Å². The molecule has 4 aliphatic heterocycles. The maximum absolute atomic E-state index is 13.1. The summed E-state index contributed by atoms with van der Waals surface area (Å²) in [4.78, 5) is 23.0. The molecule has 0 bridgehead atoms. The van der Waals surface area contributed by atoms with Gasteiger partial charge in [-0.05, 0) is 197 Å². The van der Waals surface area contributed by atoms with E-state index in [1.165, 1.54) is 100 Å². The lowest BCUT2D eigenvalue weighted by molar-refractivity contribution is 0.627. The van der Waals surface area contributed by atoms with Gasteiger partial charge in [0.1, 0.15) is 5.82 Å². The average Bonchev–Trinajstić information content (AvgIpc) is 3.82. The Labute approximate surface area is 435 Å². The van der Waals surface area contributed by atoms with Gasteiger partial charge in [0, 0.05) is 101 Å². The van der Waals surface area contributed by atoms with Crippen molar-refractivity contribution in [2.45, 2.75) is 138 Å². The Morgan fingerprint density at radius 3 is 1.53 bits per heavy atom. The van der Waals surface area contributed by atoms with Gasteiger partial charge in [0.25, 0.3) is 0 Å². The van der Waals surface area contributed by atoms with Crippen molar-refractivity contribution in [3.05, 3.63) is 160 Å².